The van der Waals surface area contributed by atoms with Crippen molar-refractivity contribution in [2.24, 2.45) is 0 Å². The van der Waals surface area contributed by atoms with E-state index in [1.54, 1.807) is 0 Å². The van der Waals surface area contributed by atoms with Gasteiger partial charge in [0, 0.05) is 5.02 Å². The van der Waals surface area contributed by atoms with Gasteiger partial charge in [-0.05, 0) is 18.2 Å². The van der Waals surface area contributed by atoms with Crippen LogP contribution in [0.15, 0.2) is 23.1 Å². The van der Waals surface area contributed by atoms with Gasteiger partial charge < -0.3 is 0 Å². The third-order valence-electron chi connectivity index (χ3n) is 1.52. The van der Waals surface area contributed by atoms with Gasteiger partial charge in [-0.1, -0.05) is 11.6 Å². The van der Waals surface area contributed by atoms with Gasteiger partial charge >= 0.3 is 6.18 Å². The molecular weight excluding hydrogens is 257 g/mol. The van der Waals surface area contributed by atoms with Crippen LogP contribution in [0.1, 0.15) is 5.56 Å². The average Bonchev–Trinajstić information content (AvgIpc) is 2.00. The molecule has 0 aliphatic heterocycles. The topological polar surface area (TPSA) is 54.4 Å². The summed E-state index contributed by atoms with van der Waals surface area (Å²) in [6.07, 6.45) is -4.89. The Morgan fingerprint density at radius 1 is 1.27 bits per heavy atom. The lowest BCUT2D eigenvalue weighted by atomic mass is 10.2. The number of hydrogen-bond acceptors (Lipinski definition) is 2. The molecule has 0 saturated heterocycles. The van der Waals surface area contributed by atoms with Gasteiger partial charge in [0.2, 0.25) is 0 Å². The van der Waals surface area contributed by atoms with E-state index in [2.05, 4.69) is 0 Å². The first-order valence-electron chi connectivity index (χ1n) is 3.46. The minimum Gasteiger partial charge on any atom is -0.282 e. The zero-order chi connectivity index (χ0) is 11.9. The summed E-state index contributed by atoms with van der Waals surface area (Å²) in [5.41, 5.74) is -1.49. The van der Waals surface area contributed by atoms with Crippen molar-refractivity contribution in [3.63, 3.8) is 0 Å². The first-order chi connectivity index (χ1) is 6.62. The molecule has 3 nitrogen and oxygen atoms in total. The van der Waals surface area contributed by atoms with Crippen LogP contribution in [0, 0.1) is 0 Å². The second-order valence-corrected chi connectivity index (χ2v) is 4.44. The van der Waals surface area contributed by atoms with Crippen LogP contribution in [-0.2, 0) is 16.3 Å². The zero-order valence-electron chi connectivity index (χ0n) is 6.92. The van der Waals surface area contributed by atoms with Crippen molar-refractivity contribution >= 4 is 21.7 Å². The van der Waals surface area contributed by atoms with Gasteiger partial charge in [-0.15, -0.1) is 0 Å². The first-order valence-corrected chi connectivity index (χ1v) is 5.28. The monoisotopic (exact) mass is 260 g/mol. The molecule has 0 radical (unpaired) electrons. The Kier molecular flexibility index (Phi) is 2.99. The fourth-order valence-corrected chi connectivity index (χ4v) is 1.81. The van der Waals surface area contributed by atoms with Crippen LogP contribution >= 0.6 is 11.6 Å². The fourth-order valence-electron chi connectivity index (χ4n) is 0.949. The van der Waals surface area contributed by atoms with Gasteiger partial charge in [0.25, 0.3) is 10.1 Å². The highest BCUT2D eigenvalue weighted by atomic mass is 35.5. The fraction of sp³-hybridized carbons (Fsp3) is 0.143. The molecule has 84 valence electrons. The average molecular weight is 261 g/mol. The van der Waals surface area contributed by atoms with E-state index in [1.807, 2.05) is 0 Å². The van der Waals surface area contributed by atoms with E-state index in [1.165, 1.54) is 0 Å². The molecule has 0 atom stereocenters. The molecule has 0 amide bonds. The highest BCUT2D eigenvalue weighted by molar-refractivity contribution is 7.85. The Morgan fingerprint density at radius 3 is 2.20 bits per heavy atom. The van der Waals surface area contributed by atoms with E-state index < -0.39 is 26.8 Å². The molecule has 0 unspecified atom stereocenters. The van der Waals surface area contributed by atoms with Crippen LogP contribution in [0.5, 0.6) is 0 Å². The van der Waals surface area contributed by atoms with Crippen LogP contribution in [0.4, 0.5) is 13.2 Å². The summed E-state index contributed by atoms with van der Waals surface area (Å²) in [5.74, 6) is 0. The standard InChI is InChI=1S/C7H4ClF3O3S/c8-4-1-2-6(15(12,13)14)5(3-4)7(9,10)11/h1-3H,(H,12,13,14). The van der Waals surface area contributed by atoms with Crippen molar-refractivity contribution in [3.8, 4) is 0 Å². The van der Waals surface area contributed by atoms with Crippen LogP contribution in [0.25, 0.3) is 0 Å². The molecule has 0 aliphatic rings. The summed E-state index contributed by atoms with van der Waals surface area (Å²) in [6, 6.07) is 1.98. The van der Waals surface area contributed by atoms with E-state index in [-0.39, 0.29) is 5.02 Å². The quantitative estimate of drug-likeness (QED) is 0.790. The number of alkyl halides is 3. The Bertz CT molecular complexity index is 481. The molecule has 1 aromatic rings. The molecule has 0 heterocycles. The third-order valence-corrected chi connectivity index (χ3v) is 2.67. The van der Waals surface area contributed by atoms with Crippen LogP contribution in [0.3, 0.4) is 0 Å². The molecule has 15 heavy (non-hydrogen) atoms. The minimum absolute atomic E-state index is 0.269. The Balaban J connectivity index is 3.55. The first kappa shape index (κ1) is 12.3. The smallest absolute Gasteiger partial charge is 0.282 e. The van der Waals surface area contributed by atoms with Gasteiger partial charge in [-0.3, -0.25) is 4.55 Å². The summed E-state index contributed by atoms with van der Waals surface area (Å²) in [7, 11) is -4.91. The minimum atomic E-state index is -4.91. The largest absolute Gasteiger partial charge is 0.417 e. The normalized spacial score (nSPS) is 12.9. The molecule has 0 spiro atoms. The van der Waals surface area contributed by atoms with Crippen LogP contribution in [0.2, 0.25) is 5.02 Å². The molecule has 0 aliphatic carbocycles. The Labute approximate surface area is 88.2 Å². The van der Waals surface area contributed by atoms with Gasteiger partial charge in [0.1, 0.15) is 4.90 Å². The number of rotatable bonds is 1. The van der Waals surface area contributed by atoms with Crippen molar-refractivity contribution < 1.29 is 26.1 Å². The predicted octanol–water partition coefficient (Wildman–Crippen LogP) is 2.61. The molecular formula is C7H4ClF3O3S. The molecule has 0 saturated carbocycles. The summed E-state index contributed by atoms with van der Waals surface area (Å²) in [5, 5.41) is -0.269. The van der Waals surface area contributed by atoms with E-state index in [9.17, 15) is 21.6 Å². The van der Waals surface area contributed by atoms with E-state index in [0.29, 0.717) is 12.1 Å². The summed E-state index contributed by atoms with van der Waals surface area (Å²) >= 11 is 5.30. The maximum atomic E-state index is 12.3. The molecule has 1 rings (SSSR count). The summed E-state index contributed by atoms with van der Waals surface area (Å²) in [4.78, 5) is -1.21. The second kappa shape index (κ2) is 3.66. The predicted molar refractivity (Wildman–Crippen MR) is 46.3 cm³/mol. The highest BCUT2D eigenvalue weighted by Gasteiger charge is 2.36. The second-order valence-electron chi connectivity index (χ2n) is 2.61. The number of halogens is 4. The Hall–Kier alpha value is -0.790. The number of hydrogen-bond donors (Lipinski definition) is 1. The van der Waals surface area contributed by atoms with E-state index in [4.69, 9.17) is 16.2 Å². The lowest BCUT2D eigenvalue weighted by molar-refractivity contribution is -0.140. The molecule has 1 aromatic carbocycles. The third kappa shape index (κ3) is 2.83. The summed E-state index contributed by atoms with van der Waals surface area (Å²) < 4.78 is 66.8. The van der Waals surface area contributed by atoms with Gasteiger partial charge in [0.05, 0.1) is 5.56 Å². The molecule has 0 aromatic heterocycles. The van der Waals surface area contributed by atoms with Crippen molar-refractivity contribution in [3.05, 3.63) is 28.8 Å². The van der Waals surface area contributed by atoms with Crippen LogP contribution < -0.4 is 0 Å². The molecule has 8 heteroatoms. The van der Waals surface area contributed by atoms with Gasteiger partial charge in [0.15, 0.2) is 0 Å². The zero-order valence-corrected chi connectivity index (χ0v) is 8.49. The van der Waals surface area contributed by atoms with E-state index >= 15 is 0 Å². The molecule has 1 N–H and O–H groups in total. The van der Waals surface area contributed by atoms with Gasteiger partial charge in [-0.25, -0.2) is 0 Å². The van der Waals surface area contributed by atoms with E-state index in [0.717, 1.165) is 6.07 Å². The molecule has 0 bridgehead atoms. The Morgan fingerprint density at radius 2 is 1.80 bits per heavy atom. The number of benzene rings is 1. The molecule has 0 fully saturated rings. The van der Waals surface area contributed by atoms with Crippen molar-refractivity contribution in [1.82, 2.24) is 0 Å². The van der Waals surface area contributed by atoms with Crippen LogP contribution in [-0.4, -0.2) is 13.0 Å². The lowest BCUT2D eigenvalue weighted by Gasteiger charge is -2.10. The lowest BCUT2D eigenvalue weighted by Crippen LogP contribution is -2.12. The maximum Gasteiger partial charge on any atom is 0.417 e. The SMILES string of the molecule is O=S(=O)(O)c1ccc(Cl)cc1C(F)(F)F. The van der Waals surface area contributed by atoms with Crippen molar-refractivity contribution in [2.75, 3.05) is 0 Å². The highest BCUT2D eigenvalue weighted by Crippen LogP contribution is 2.35. The summed E-state index contributed by atoms with van der Waals surface area (Å²) in [6.45, 7) is 0. The van der Waals surface area contributed by atoms with Gasteiger partial charge in [-0.2, -0.15) is 21.6 Å². The maximum absolute atomic E-state index is 12.3. The van der Waals surface area contributed by atoms with Crippen molar-refractivity contribution in [1.29, 1.82) is 0 Å². The van der Waals surface area contributed by atoms with Crippen molar-refractivity contribution in [2.45, 2.75) is 11.1 Å².